The van der Waals surface area contributed by atoms with Gasteiger partial charge in [-0.3, -0.25) is 4.79 Å². The second kappa shape index (κ2) is 5.29. The highest BCUT2D eigenvalue weighted by Crippen LogP contribution is 2.33. The zero-order valence-electron chi connectivity index (χ0n) is 10.6. The molecule has 1 aromatic rings. The lowest BCUT2D eigenvalue weighted by Crippen LogP contribution is -2.26. The molecular weight excluding hydrogens is 248 g/mol. The lowest BCUT2D eigenvalue weighted by Gasteiger charge is -2.24. The van der Waals surface area contributed by atoms with E-state index in [9.17, 15) is 4.79 Å². The van der Waals surface area contributed by atoms with E-state index < -0.39 is 0 Å². The van der Waals surface area contributed by atoms with Gasteiger partial charge in [-0.05, 0) is 49.0 Å². The second-order valence-electron chi connectivity index (χ2n) is 5.04. The number of anilines is 1. The number of halogens is 1. The average Bonchev–Trinajstić information content (AvgIpc) is 2.66. The summed E-state index contributed by atoms with van der Waals surface area (Å²) in [7, 11) is 1.88. The maximum Gasteiger partial charge on any atom is 0.231 e. The molecule has 2 aliphatic rings. The van der Waals surface area contributed by atoms with E-state index in [0.29, 0.717) is 12.3 Å². The van der Waals surface area contributed by atoms with Crippen LogP contribution in [0.5, 0.6) is 0 Å². The summed E-state index contributed by atoms with van der Waals surface area (Å²) in [5.74, 6) is 0.869. The second-order valence-corrected chi connectivity index (χ2v) is 5.04. The van der Waals surface area contributed by atoms with Crippen LogP contribution in [0.4, 0.5) is 5.69 Å². The molecule has 18 heavy (non-hydrogen) atoms. The van der Waals surface area contributed by atoms with E-state index in [0.717, 1.165) is 18.8 Å². The Hall–Kier alpha value is -1.06. The number of hydrogen-bond donors (Lipinski definition) is 1. The molecule has 0 spiro atoms. The molecular formula is C14H19ClN2O. The highest BCUT2D eigenvalue weighted by Gasteiger charge is 2.25. The summed E-state index contributed by atoms with van der Waals surface area (Å²) in [6, 6.07) is 6.56. The number of nitrogens with one attached hydrogen (secondary N) is 1. The van der Waals surface area contributed by atoms with Crippen LogP contribution in [0.15, 0.2) is 18.2 Å². The lowest BCUT2D eigenvalue weighted by molar-refractivity contribution is -0.117. The molecule has 0 radical (unpaired) electrons. The first kappa shape index (κ1) is 13.4. The number of carbonyl (C=O) groups is 1. The quantitative estimate of drug-likeness (QED) is 0.844. The van der Waals surface area contributed by atoms with Gasteiger partial charge in [0, 0.05) is 12.7 Å². The third-order valence-corrected chi connectivity index (χ3v) is 4.00. The molecule has 1 saturated heterocycles. The Balaban J connectivity index is 0.00000120. The standard InChI is InChI=1S/C14H18N2O.ClH/c1-16-13-8-11(10-4-6-15-7-5-10)2-3-12(13)9-14(16)17;/h2-3,8,10,15H,4-7,9H2,1H3;1H. The van der Waals surface area contributed by atoms with Gasteiger partial charge in [0.2, 0.25) is 5.91 Å². The van der Waals surface area contributed by atoms with Gasteiger partial charge in [0.15, 0.2) is 0 Å². The van der Waals surface area contributed by atoms with Crippen molar-refractivity contribution in [2.45, 2.75) is 25.2 Å². The van der Waals surface area contributed by atoms with Gasteiger partial charge in [-0.25, -0.2) is 0 Å². The van der Waals surface area contributed by atoms with Crippen molar-refractivity contribution in [3.05, 3.63) is 29.3 Å². The maximum absolute atomic E-state index is 11.6. The van der Waals surface area contributed by atoms with Crippen LogP contribution in [0.25, 0.3) is 0 Å². The highest BCUT2D eigenvalue weighted by atomic mass is 35.5. The average molecular weight is 267 g/mol. The molecule has 0 aromatic heterocycles. The van der Waals surface area contributed by atoms with Crippen molar-refractivity contribution in [1.82, 2.24) is 5.32 Å². The van der Waals surface area contributed by atoms with E-state index >= 15 is 0 Å². The number of piperidine rings is 1. The van der Waals surface area contributed by atoms with Gasteiger partial charge in [-0.15, -0.1) is 12.4 Å². The number of nitrogens with zero attached hydrogens (tertiary/aromatic N) is 1. The lowest BCUT2D eigenvalue weighted by atomic mass is 9.89. The molecule has 0 unspecified atom stereocenters. The van der Waals surface area contributed by atoms with E-state index in [1.54, 1.807) is 4.90 Å². The summed E-state index contributed by atoms with van der Waals surface area (Å²) in [5, 5.41) is 3.39. The van der Waals surface area contributed by atoms with Crippen LogP contribution in [0.3, 0.4) is 0 Å². The molecule has 98 valence electrons. The molecule has 2 heterocycles. The number of hydrogen-bond acceptors (Lipinski definition) is 2. The number of fused-ring (bicyclic) bond motifs is 1. The Morgan fingerprint density at radius 2 is 2.00 bits per heavy atom. The van der Waals surface area contributed by atoms with Crippen molar-refractivity contribution in [1.29, 1.82) is 0 Å². The fourth-order valence-electron chi connectivity index (χ4n) is 2.87. The van der Waals surface area contributed by atoms with Crippen molar-refractivity contribution in [3.8, 4) is 0 Å². The topological polar surface area (TPSA) is 32.3 Å². The van der Waals surface area contributed by atoms with Crippen LogP contribution < -0.4 is 10.2 Å². The smallest absolute Gasteiger partial charge is 0.231 e. The molecule has 1 aromatic carbocycles. The minimum atomic E-state index is 0. The Morgan fingerprint density at radius 1 is 1.28 bits per heavy atom. The SMILES string of the molecule is CN1C(=O)Cc2ccc(C3CCNCC3)cc21.Cl. The van der Waals surface area contributed by atoms with E-state index in [1.807, 2.05) is 7.05 Å². The summed E-state index contributed by atoms with van der Waals surface area (Å²) in [6.45, 7) is 2.22. The summed E-state index contributed by atoms with van der Waals surface area (Å²) in [4.78, 5) is 13.4. The van der Waals surface area contributed by atoms with E-state index in [-0.39, 0.29) is 18.3 Å². The molecule has 0 bridgehead atoms. The Bertz CT molecular complexity index is 455. The first-order valence-corrected chi connectivity index (χ1v) is 6.36. The monoisotopic (exact) mass is 266 g/mol. The predicted octanol–water partition coefficient (Wildman–Crippen LogP) is 2.09. The molecule has 3 rings (SSSR count). The first-order chi connectivity index (χ1) is 8.25. The third kappa shape index (κ3) is 2.25. The molecule has 1 amide bonds. The summed E-state index contributed by atoms with van der Waals surface area (Å²) in [5.41, 5.74) is 3.69. The van der Waals surface area contributed by atoms with E-state index in [4.69, 9.17) is 0 Å². The van der Waals surface area contributed by atoms with Crippen LogP contribution in [0.1, 0.15) is 29.9 Å². The Kier molecular flexibility index (Phi) is 3.93. The van der Waals surface area contributed by atoms with Crippen LogP contribution in [-0.4, -0.2) is 26.0 Å². The minimum Gasteiger partial charge on any atom is -0.317 e. The molecule has 1 fully saturated rings. The van der Waals surface area contributed by atoms with Crippen molar-refractivity contribution < 1.29 is 4.79 Å². The summed E-state index contributed by atoms with van der Waals surface area (Å²) in [6.07, 6.45) is 2.98. The van der Waals surface area contributed by atoms with Crippen LogP contribution >= 0.6 is 12.4 Å². The molecule has 3 nitrogen and oxygen atoms in total. The Morgan fingerprint density at radius 3 is 2.72 bits per heavy atom. The number of amides is 1. The largest absolute Gasteiger partial charge is 0.317 e. The highest BCUT2D eigenvalue weighted by molar-refractivity contribution is 6.01. The van der Waals surface area contributed by atoms with E-state index in [2.05, 4.69) is 23.5 Å². The number of rotatable bonds is 1. The fourth-order valence-corrected chi connectivity index (χ4v) is 2.87. The van der Waals surface area contributed by atoms with E-state index in [1.165, 1.54) is 24.0 Å². The van der Waals surface area contributed by atoms with Gasteiger partial charge in [0.05, 0.1) is 6.42 Å². The van der Waals surface area contributed by atoms with Crippen molar-refractivity contribution in [3.63, 3.8) is 0 Å². The zero-order valence-corrected chi connectivity index (χ0v) is 11.4. The molecule has 0 saturated carbocycles. The molecule has 2 aliphatic heterocycles. The van der Waals surface area contributed by atoms with Gasteiger partial charge in [0.25, 0.3) is 0 Å². The maximum atomic E-state index is 11.6. The van der Waals surface area contributed by atoms with Crippen LogP contribution in [-0.2, 0) is 11.2 Å². The van der Waals surface area contributed by atoms with Gasteiger partial charge in [-0.1, -0.05) is 12.1 Å². The van der Waals surface area contributed by atoms with Gasteiger partial charge >= 0.3 is 0 Å². The van der Waals surface area contributed by atoms with Gasteiger partial charge < -0.3 is 10.2 Å². The zero-order chi connectivity index (χ0) is 11.8. The number of benzene rings is 1. The fraction of sp³-hybridized carbons (Fsp3) is 0.500. The number of carbonyl (C=O) groups excluding carboxylic acids is 1. The molecule has 0 aliphatic carbocycles. The van der Waals surface area contributed by atoms with Gasteiger partial charge in [-0.2, -0.15) is 0 Å². The van der Waals surface area contributed by atoms with Crippen LogP contribution in [0.2, 0.25) is 0 Å². The normalized spacial score (nSPS) is 19.6. The van der Waals surface area contributed by atoms with Gasteiger partial charge in [0.1, 0.15) is 0 Å². The minimum absolute atomic E-state index is 0. The third-order valence-electron chi connectivity index (χ3n) is 4.00. The molecule has 0 atom stereocenters. The number of likely N-dealkylation sites (N-methyl/N-ethyl adjacent to an activating group) is 1. The predicted molar refractivity (Wildman–Crippen MR) is 75.6 cm³/mol. The summed E-state index contributed by atoms with van der Waals surface area (Å²) >= 11 is 0. The molecule has 1 N–H and O–H groups in total. The van der Waals surface area contributed by atoms with Crippen molar-refractivity contribution in [2.24, 2.45) is 0 Å². The Labute approximate surface area is 114 Å². The molecule has 4 heteroatoms. The van der Waals surface area contributed by atoms with Crippen LogP contribution in [0, 0.1) is 0 Å². The van der Waals surface area contributed by atoms with Crippen molar-refractivity contribution in [2.75, 3.05) is 25.0 Å². The first-order valence-electron chi connectivity index (χ1n) is 6.36. The van der Waals surface area contributed by atoms with Crippen molar-refractivity contribution >= 4 is 24.0 Å². The summed E-state index contributed by atoms with van der Waals surface area (Å²) < 4.78 is 0.